The van der Waals surface area contributed by atoms with Crippen LogP contribution >= 0.6 is 11.8 Å². The monoisotopic (exact) mass is 276 g/mol. The summed E-state index contributed by atoms with van der Waals surface area (Å²) in [5.74, 6) is 1.64. The Morgan fingerprint density at radius 1 is 1.21 bits per heavy atom. The van der Waals surface area contributed by atoms with Crippen LogP contribution in [0.2, 0.25) is 0 Å². The summed E-state index contributed by atoms with van der Waals surface area (Å²) in [6.45, 7) is 8.10. The maximum absolute atomic E-state index is 6.22. The van der Waals surface area contributed by atoms with E-state index in [-0.39, 0.29) is 6.04 Å². The van der Waals surface area contributed by atoms with Crippen LogP contribution in [0.15, 0.2) is 27.8 Å². The lowest BCUT2D eigenvalue weighted by Gasteiger charge is -2.12. The van der Waals surface area contributed by atoms with Crippen molar-refractivity contribution < 1.29 is 4.42 Å². The first-order chi connectivity index (χ1) is 8.97. The third kappa shape index (κ3) is 3.39. The van der Waals surface area contributed by atoms with Gasteiger partial charge in [0.1, 0.15) is 5.76 Å². The fraction of sp³-hybridized carbons (Fsp3) is 0.400. The predicted octanol–water partition coefficient (Wildman–Crippen LogP) is 3.70. The highest BCUT2D eigenvalue weighted by atomic mass is 32.2. The molecule has 1 aromatic heterocycles. The second kappa shape index (κ2) is 5.80. The lowest BCUT2D eigenvalue weighted by molar-refractivity contribution is 0.431. The van der Waals surface area contributed by atoms with E-state index in [0.717, 1.165) is 22.8 Å². The van der Waals surface area contributed by atoms with Gasteiger partial charge in [-0.1, -0.05) is 30.0 Å². The molecule has 1 atom stereocenters. The minimum Gasteiger partial charge on any atom is -0.437 e. The molecule has 2 aromatic rings. The van der Waals surface area contributed by atoms with E-state index in [0.29, 0.717) is 5.22 Å². The Hall–Kier alpha value is -1.26. The molecule has 4 heteroatoms. The summed E-state index contributed by atoms with van der Waals surface area (Å²) in [6.07, 6.45) is 0. The first-order valence-corrected chi connectivity index (χ1v) is 7.35. The number of nitrogens with zero attached hydrogens (tertiary/aromatic N) is 1. The quantitative estimate of drug-likeness (QED) is 0.865. The average Bonchev–Trinajstić information content (AvgIpc) is 2.69. The second-order valence-corrected chi connectivity index (χ2v) is 5.85. The molecule has 0 saturated heterocycles. The zero-order valence-electron chi connectivity index (χ0n) is 11.9. The Kier molecular flexibility index (Phi) is 4.32. The van der Waals surface area contributed by atoms with Gasteiger partial charge in [-0.15, -0.1) is 0 Å². The third-order valence-corrected chi connectivity index (χ3v) is 4.30. The van der Waals surface area contributed by atoms with Crippen LogP contribution in [0.5, 0.6) is 0 Å². The van der Waals surface area contributed by atoms with E-state index >= 15 is 0 Å². The fourth-order valence-corrected chi connectivity index (χ4v) is 2.66. The van der Waals surface area contributed by atoms with E-state index in [1.54, 1.807) is 11.8 Å². The SMILES string of the molecule is Cc1ccc(C(N)CSc2nc(C)c(C)o2)cc1C. The van der Waals surface area contributed by atoms with Crippen molar-refractivity contribution in [2.75, 3.05) is 5.75 Å². The summed E-state index contributed by atoms with van der Waals surface area (Å²) >= 11 is 1.57. The largest absolute Gasteiger partial charge is 0.437 e. The first kappa shape index (κ1) is 14.2. The Balaban J connectivity index is 2.00. The number of hydrogen-bond donors (Lipinski definition) is 1. The van der Waals surface area contributed by atoms with Gasteiger partial charge in [-0.3, -0.25) is 0 Å². The molecule has 19 heavy (non-hydrogen) atoms. The van der Waals surface area contributed by atoms with Gasteiger partial charge in [-0.2, -0.15) is 0 Å². The van der Waals surface area contributed by atoms with Gasteiger partial charge in [0.25, 0.3) is 5.22 Å². The summed E-state index contributed by atoms with van der Waals surface area (Å²) in [5, 5.41) is 0.703. The van der Waals surface area contributed by atoms with Crippen LogP contribution in [0, 0.1) is 27.7 Å². The minimum atomic E-state index is -0.00295. The number of hydrogen-bond acceptors (Lipinski definition) is 4. The van der Waals surface area contributed by atoms with Crippen LogP contribution in [-0.2, 0) is 0 Å². The molecule has 2 rings (SSSR count). The van der Waals surface area contributed by atoms with Crippen molar-refractivity contribution in [3.05, 3.63) is 46.3 Å². The Labute approximate surface area is 118 Å². The van der Waals surface area contributed by atoms with Gasteiger partial charge in [0.05, 0.1) is 5.69 Å². The van der Waals surface area contributed by atoms with Crippen LogP contribution < -0.4 is 5.73 Å². The highest BCUT2D eigenvalue weighted by Crippen LogP contribution is 2.25. The van der Waals surface area contributed by atoms with Crippen LogP contribution in [0.4, 0.5) is 0 Å². The molecule has 1 unspecified atom stereocenters. The maximum Gasteiger partial charge on any atom is 0.256 e. The van der Waals surface area contributed by atoms with Crippen molar-refractivity contribution in [1.82, 2.24) is 4.98 Å². The standard InChI is InChI=1S/C15H20N2OS/c1-9-5-6-13(7-10(9)2)14(16)8-19-15-17-11(3)12(4)18-15/h5-7,14H,8,16H2,1-4H3. The van der Waals surface area contributed by atoms with Gasteiger partial charge in [0.15, 0.2) is 0 Å². The average molecular weight is 276 g/mol. The Morgan fingerprint density at radius 3 is 2.53 bits per heavy atom. The highest BCUT2D eigenvalue weighted by molar-refractivity contribution is 7.99. The summed E-state index contributed by atoms with van der Waals surface area (Å²) in [7, 11) is 0. The molecule has 0 aliphatic heterocycles. The lowest BCUT2D eigenvalue weighted by atomic mass is 10.0. The molecule has 0 bridgehead atoms. The predicted molar refractivity (Wildman–Crippen MR) is 79.5 cm³/mol. The van der Waals surface area contributed by atoms with Crippen molar-refractivity contribution in [3.63, 3.8) is 0 Å². The van der Waals surface area contributed by atoms with Crippen molar-refractivity contribution in [2.24, 2.45) is 5.73 Å². The molecular weight excluding hydrogens is 256 g/mol. The van der Waals surface area contributed by atoms with Crippen molar-refractivity contribution >= 4 is 11.8 Å². The van der Waals surface area contributed by atoms with Crippen LogP contribution in [-0.4, -0.2) is 10.7 Å². The summed E-state index contributed by atoms with van der Waals surface area (Å²) in [4.78, 5) is 4.35. The van der Waals surface area contributed by atoms with Gasteiger partial charge < -0.3 is 10.2 Å². The molecule has 3 nitrogen and oxygen atoms in total. The zero-order valence-corrected chi connectivity index (χ0v) is 12.7. The molecule has 102 valence electrons. The van der Waals surface area contributed by atoms with Gasteiger partial charge >= 0.3 is 0 Å². The molecule has 1 aromatic carbocycles. The molecule has 0 fully saturated rings. The molecule has 1 heterocycles. The highest BCUT2D eigenvalue weighted by Gasteiger charge is 2.11. The van der Waals surface area contributed by atoms with Gasteiger partial charge in [0, 0.05) is 11.8 Å². The molecule has 0 spiro atoms. The smallest absolute Gasteiger partial charge is 0.256 e. The topological polar surface area (TPSA) is 52.0 Å². The number of aryl methyl sites for hydroxylation is 4. The zero-order chi connectivity index (χ0) is 14.0. The van der Waals surface area contributed by atoms with Gasteiger partial charge in [-0.05, 0) is 44.4 Å². The summed E-state index contributed by atoms with van der Waals surface area (Å²) in [6, 6.07) is 6.37. The number of nitrogens with two attached hydrogens (primary N) is 1. The van der Waals surface area contributed by atoms with Crippen LogP contribution in [0.1, 0.15) is 34.2 Å². The van der Waals surface area contributed by atoms with E-state index in [9.17, 15) is 0 Å². The van der Waals surface area contributed by atoms with E-state index in [2.05, 4.69) is 37.0 Å². The molecule has 0 amide bonds. The third-order valence-electron chi connectivity index (χ3n) is 3.35. The van der Waals surface area contributed by atoms with Crippen molar-refractivity contribution in [3.8, 4) is 0 Å². The molecular formula is C15H20N2OS. The fourth-order valence-electron chi connectivity index (χ4n) is 1.76. The number of oxazole rings is 1. The molecule has 2 N–H and O–H groups in total. The van der Waals surface area contributed by atoms with Gasteiger partial charge in [0.2, 0.25) is 0 Å². The van der Waals surface area contributed by atoms with Crippen molar-refractivity contribution in [1.29, 1.82) is 0 Å². The van der Waals surface area contributed by atoms with E-state index in [1.807, 2.05) is 13.8 Å². The summed E-state index contributed by atoms with van der Waals surface area (Å²) < 4.78 is 5.54. The number of benzene rings is 1. The Bertz CT molecular complexity index is 558. The van der Waals surface area contributed by atoms with E-state index in [1.165, 1.54) is 11.1 Å². The molecule has 0 aliphatic carbocycles. The lowest BCUT2D eigenvalue weighted by Crippen LogP contribution is -2.13. The number of aromatic nitrogens is 1. The molecule has 0 radical (unpaired) electrons. The van der Waals surface area contributed by atoms with Crippen LogP contribution in [0.3, 0.4) is 0 Å². The normalized spacial score (nSPS) is 12.7. The molecule has 0 saturated carbocycles. The van der Waals surface area contributed by atoms with Crippen LogP contribution in [0.25, 0.3) is 0 Å². The van der Waals surface area contributed by atoms with E-state index < -0.39 is 0 Å². The minimum absolute atomic E-state index is 0.00295. The Morgan fingerprint density at radius 2 is 1.95 bits per heavy atom. The molecule has 0 aliphatic rings. The van der Waals surface area contributed by atoms with E-state index in [4.69, 9.17) is 10.2 Å². The van der Waals surface area contributed by atoms with Crippen molar-refractivity contribution in [2.45, 2.75) is 39.0 Å². The second-order valence-electron chi connectivity index (χ2n) is 4.88. The maximum atomic E-state index is 6.22. The van der Waals surface area contributed by atoms with Gasteiger partial charge in [-0.25, -0.2) is 4.98 Å². The number of rotatable bonds is 4. The summed E-state index contributed by atoms with van der Waals surface area (Å²) in [5.41, 5.74) is 10.9. The number of thioether (sulfide) groups is 1. The first-order valence-electron chi connectivity index (χ1n) is 6.37.